The van der Waals surface area contributed by atoms with E-state index in [0.717, 1.165) is 0 Å². The van der Waals surface area contributed by atoms with Gasteiger partial charge in [-0.1, -0.05) is 11.6 Å². The van der Waals surface area contributed by atoms with Gasteiger partial charge in [0.2, 0.25) is 5.91 Å². The molecule has 0 spiro atoms. The fourth-order valence-corrected chi connectivity index (χ4v) is 2.15. The Bertz CT molecular complexity index is 544. The van der Waals surface area contributed by atoms with Crippen LogP contribution in [0.4, 0.5) is 5.69 Å². The predicted octanol–water partition coefficient (Wildman–Crippen LogP) is 2.79. The summed E-state index contributed by atoms with van der Waals surface area (Å²) < 4.78 is 5.49. The lowest BCUT2D eigenvalue weighted by atomic mass is 10.2. The van der Waals surface area contributed by atoms with Gasteiger partial charge in [-0.25, -0.2) is 0 Å². The molecule has 5 nitrogen and oxygen atoms in total. The normalized spacial score (nSPS) is 20.6. The van der Waals surface area contributed by atoms with Crippen LogP contribution in [0.1, 0.15) is 20.3 Å². The minimum atomic E-state index is -0.927. The zero-order valence-electron chi connectivity index (χ0n) is 11.2. The summed E-state index contributed by atoms with van der Waals surface area (Å²) in [5.74, 6) is -1.67. The maximum Gasteiger partial charge on any atom is 0.307 e. The number of carboxylic acids is 1. The summed E-state index contributed by atoms with van der Waals surface area (Å²) in [5, 5.41) is 11.9. The number of ether oxygens (including phenoxy) is 1. The summed E-state index contributed by atoms with van der Waals surface area (Å²) in [7, 11) is 0. The van der Waals surface area contributed by atoms with Gasteiger partial charge in [0.25, 0.3) is 0 Å². The number of benzene rings is 1. The van der Waals surface area contributed by atoms with E-state index < -0.39 is 17.8 Å². The van der Waals surface area contributed by atoms with Gasteiger partial charge in [0.1, 0.15) is 5.75 Å². The molecule has 20 heavy (non-hydrogen) atoms. The standard InChI is InChI=1S/C14H16ClNO4/c1-7(2)20-12-4-3-8(5-11(12)15)16-13(17)9-6-10(9)14(18)19/h3-5,7,9-10H,6H2,1-2H3,(H,16,17)(H,18,19). The number of nitrogens with one attached hydrogen (secondary N) is 1. The molecular weight excluding hydrogens is 282 g/mol. The summed E-state index contributed by atoms with van der Waals surface area (Å²) in [6.07, 6.45) is 0.402. The van der Waals surface area contributed by atoms with Crippen molar-refractivity contribution >= 4 is 29.2 Å². The number of carbonyl (C=O) groups excluding carboxylic acids is 1. The van der Waals surface area contributed by atoms with E-state index in [4.69, 9.17) is 21.4 Å². The molecule has 1 amide bonds. The number of hydrogen-bond donors (Lipinski definition) is 2. The first-order chi connectivity index (χ1) is 9.38. The Morgan fingerprint density at radius 2 is 2.10 bits per heavy atom. The van der Waals surface area contributed by atoms with Crippen LogP contribution in [-0.4, -0.2) is 23.1 Å². The third kappa shape index (κ3) is 3.42. The van der Waals surface area contributed by atoms with E-state index in [1.807, 2.05) is 13.8 Å². The van der Waals surface area contributed by atoms with Crippen LogP contribution in [0.15, 0.2) is 18.2 Å². The van der Waals surface area contributed by atoms with Crippen molar-refractivity contribution in [1.82, 2.24) is 0 Å². The molecule has 0 saturated heterocycles. The van der Waals surface area contributed by atoms with Gasteiger partial charge in [-0.3, -0.25) is 9.59 Å². The molecule has 1 saturated carbocycles. The monoisotopic (exact) mass is 297 g/mol. The van der Waals surface area contributed by atoms with Crippen LogP contribution in [0.5, 0.6) is 5.75 Å². The average Bonchev–Trinajstić information content (AvgIpc) is 3.12. The molecule has 2 N–H and O–H groups in total. The molecule has 0 aliphatic heterocycles. The van der Waals surface area contributed by atoms with E-state index in [-0.39, 0.29) is 12.0 Å². The van der Waals surface area contributed by atoms with Gasteiger partial charge < -0.3 is 15.2 Å². The highest BCUT2D eigenvalue weighted by molar-refractivity contribution is 6.32. The second-order valence-corrected chi connectivity index (χ2v) is 5.50. The Balaban J connectivity index is 1.99. The SMILES string of the molecule is CC(C)Oc1ccc(NC(=O)C2CC2C(=O)O)cc1Cl. The van der Waals surface area contributed by atoms with Gasteiger partial charge in [0, 0.05) is 5.69 Å². The van der Waals surface area contributed by atoms with Crippen molar-refractivity contribution in [2.24, 2.45) is 11.8 Å². The van der Waals surface area contributed by atoms with E-state index in [0.29, 0.717) is 22.9 Å². The number of halogens is 1. The molecule has 2 unspecified atom stereocenters. The number of rotatable bonds is 5. The molecule has 2 atom stereocenters. The molecule has 108 valence electrons. The van der Waals surface area contributed by atoms with Crippen LogP contribution in [-0.2, 0) is 9.59 Å². The van der Waals surface area contributed by atoms with Crippen molar-refractivity contribution in [3.63, 3.8) is 0 Å². The van der Waals surface area contributed by atoms with Crippen LogP contribution >= 0.6 is 11.6 Å². The molecule has 1 fully saturated rings. The lowest BCUT2D eigenvalue weighted by Gasteiger charge is -2.12. The Kier molecular flexibility index (Phi) is 4.18. The number of carbonyl (C=O) groups is 2. The van der Waals surface area contributed by atoms with Gasteiger partial charge in [-0.05, 0) is 38.5 Å². The molecule has 1 aromatic rings. The number of carboxylic acid groups (broad SMARTS) is 1. The Hall–Kier alpha value is -1.75. The lowest BCUT2D eigenvalue weighted by Crippen LogP contribution is -2.16. The van der Waals surface area contributed by atoms with Gasteiger partial charge in [0.15, 0.2) is 0 Å². The van der Waals surface area contributed by atoms with Crippen molar-refractivity contribution in [2.75, 3.05) is 5.32 Å². The summed E-state index contributed by atoms with van der Waals surface area (Å²) in [6, 6.07) is 4.95. The summed E-state index contributed by atoms with van der Waals surface area (Å²) in [5.41, 5.74) is 0.534. The van der Waals surface area contributed by atoms with E-state index in [1.165, 1.54) is 0 Å². The minimum Gasteiger partial charge on any atom is -0.489 e. The van der Waals surface area contributed by atoms with Crippen molar-refractivity contribution in [3.8, 4) is 5.75 Å². The number of anilines is 1. The average molecular weight is 298 g/mol. The molecule has 1 aliphatic carbocycles. The fourth-order valence-electron chi connectivity index (χ4n) is 1.92. The smallest absolute Gasteiger partial charge is 0.307 e. The highest BCUT2D eigenvalue weighted by Gasteiger charge is 2.48. The van der Waals surface area contributed by atoms with Crippen LogP contribution in [0.2, 0.25) is 5.02 Å². The molecule has 6 heteroatoms. The number of amides is 1. The van der Waals surface area contributed by atoms with Crippen LogP contribution < -0.4 is 10.1 Å². The first-order valence-electron chi connectivity index (χ1n) is 6.38. The van der Waals surface area contributed by atoms with Gasteiger partial charge in [0.05, 0.1) is 23.0 Å². The largest absolute Gasteiger partial charge is 0.489 e. The zero-order chi connectivity index (χ0) is 14.9. The van der Waals surface area contributed by atoms with E-state index in [2.05, 4.69) is 5.32 Å². The van der Waals surface area contributed by atoms with Crippen molar-refractivity contribution in [2.45, 2.75) is 26.4 Å². The highest BCUT2D eigenvalue weighted by Crippen LogP contribution is 2.39. The van der Waals surface area contributed by atoms with Crippen LogP contribution in [0.3, 0.4) is 0 Å². The molecule has 0 bridgehead atoms. The maximum absolute atomic E-state index is 11.8. The minimum absolute atomic E-state index is 0.00994. The third-order valence-electron chi connectivity index (χ3n) is 3.01. The van der Waals surface area contributed by atoms with E-state index in [9.17, 15) is 9.59 Å². The highest BCUT2D eigenvalue weighted by atomic mass is 35.5. The topological polar surface area (TPSA) is 75.6 Å². The molecule has 1 aromatic carbocycles. The van der Waals surface area contributed by atoms with Crippen LogP contribution in [0, 0.1) is 11.8 Å². The summed E-state index contributed by atoms with van der Waals surface area (Å²) in [4.78, 5) is 22.5. The molecule has 0 aromatic heterocycles. The summed E-state index contributed by atoms with van der Waals surface area (Å²) in [6.45, 7) is 3.79. The van der Waals surface area contributed by atoms with E-state index >= 15 is 0 Å². The predicted molar refractivity (Wildman–Crippen MR) is 75.1 cm³/mol. The quantitative estimate of drug-likeness (QED) is 0.876. The second-order valence-electron chi connectivity index (χ2n) is 5.09. The van der Waals surface area contributed by atoms with Gasteiger partial charge in [-0.2, -0.15) is 0 Å². The van der Waals surface area contributed by atoms with E-state index in [1.54, 1.807) is 18.2 Å². The number of hydrogen-bond acceptors (Lipinski definition) is 3. The number of aliphatic carboxylic acids is 1. The first kappa shape index (κ1) is 14.7. The van der Waals surface area contributed by atoms with Crippen LogP contribution in [0.25, 0.3) is 0 Å². The van der Waals surface area contributed by atoms with Gasteiger partial charge >= 0.3 is 5.97 Å². The second kappa shape index (κ2) is 5.71. The zero-order valence-corrected chi connectivity index (χ0v) is 12.0. The Morgan fingerprint density at radius 3 is 2.60 bits per heavy atom. The Labute approximate surface area is 121 Å². The third-order valence-corrected chi connectivity index (χ3v) is 3.30. The molecule has 2 rings (SSSR count). The summed E-state index contributed by atoms with van der Waals surface area (Å²) >= 11 is 6.06. The van der Waals surface area contributed by atoms with Gasteiger partial charge in [-0.15, -0.1) is 0 Å². The molecule has 1 aliphatic rings. The molecular formula is C14H16ClNO4. The fraction of sp³-hybridized carbons (Fsp3) is 0.429. The first-order valence-corrected chi connectivity index (χ1v) is 6.76. The Morgan fingerprint density at radius 1 is 1.40 bits per heavy atom. The maximum atomic E-state index is 11.8. The van der Waals surface area contributed by atoms with Crippen molar-refractivity contribution in [3.05, 3.63) is 23.2 Å². The molecule has 0 heterocycles. The molecule has 0 radical (unpaired) electrons. The van der Waals surface area contributed by atoms with Crippen molar-refractivity contribution in [1.29, 1.82) is 0 Å². The van der Waals surface area contributed by atoms with Crippen molar-refractivity contribution < 1.29 is 19.4 Å². The lowest BCUT2D eigenvalue weighted by molar-refractivity contribution is -0.139.